The number of anilines is 1. The number of ether oxygens (including phenoxy) is 1. The lowest BCUT2D eigenvalue weighted by atomic mass is 10.2. The third-order valence-electron chi connectivity index (χ3n) is 4.67. The maximum absolute atomic E-state index is 13.6. The maximum atomic E-state index is 13.6. The van der Waals surface area contributed by atoms with Crippen LogP contribution in [-0.4, -0.2) is 59.7 Å². The van der Waals surface area contributed by atoms with E-state index in [2.05, 4.69) is 14.9 Å². The lowest BCUT2D eigenvalue weighted by molar-refractivity contribution is -0.141. The number of benzene rings is 1. The quantitative estimate of drug-likeness (QED) is 0.837. The highest BCUT2D eigenvalue weighted by Crippen LogP contribution is 2.25. The number of halogens is 1. The van der Waals surface area contributed by atoms with Crippen molar-refractivity contribution in [3.63, 3.8) is 0 Å². The van der Waals surface area contributed by atoms with Gasteiger partial charge < -0.3 is 14.5 Å². The number of hydrogen-bond acceptors (Lipinski definition) is 5. The molecule has 0 bridgehead atoms. The van der Waals surface area contributed by atoms with Crippen molar-refractivity contribution in [3.05, 3.63) is 30.3 Å². The van der Waals surface area contributed by atoms with Crippen molar-refractivity contribution < 1.29 is 13.9 Å². The van der Waals surface area contributed by atoms with Gasteiger partial charge in [-0.05, 0) is 31.0 Å². The second-order valence-electron chi connectivity index (χ2n) is 6.17. The first-order valence-corrected chi connectivity index (χ1v) is 8.28. The predicted octanol–water partition coefficient (Wildman–Crippen LogP) is 1.60. The summed E-state index contributed by atoms with van der Waals surface area (Å²) < 4.78 is 19.1. The van der Waals surface area contributed by atoms with Gasteiger partial charge in [-0.2, -0.15) is 0 Å². The number of amides is 1. The molecule has 0 N–H and O–H groups in total. The van der Waals surface area contributed by atoms with E-state index in [-0.39, 0.29) is 17.8 Å². The largest absolute Gasteiger partial charge is 0.368 e. The van der Waals surface area contributed by atoms with Gasteiger partial charge in [-0.3, -0.25) is 4.79 Å². The van der Waals surface area contributed by atoms with E-state index in [0.29, 0.717) is 38.2 Å². The molecule has 2 aliphatic heterocycles. The van der Waals surface area contributed by atoms with Crippen LogP contribution in [0, 0.1) is 5.82 Å². The Bertz CT molecular complexity index is 755. The summed E-state index contributed by atoms with van der Waals surface area (Å²) in [6, 6.07) is 4.53. The fraction of sp³-hybridized carbons (Fsp3) is 0.471. The first kappa shape index (κ1) is 15.3. The van der Waals surface area contributed by atoms with E-state index in [1.54, 1.807) is 6.07 Å². The van der Waals surface area contributed by atoms with E-state index in [0.717, 1.165) is 24.2 Å². The van der Waals surface area contributed by atoms with E-state index in [1.165, 1.54) is 18.5 Å². The van der Waals surface area contributed by atoms with Crippen molar-refractivity contribution in [2.24, 2.45) is 0 Å². The molecule has 1 atom stereocenters. The molecule has 0 aliphatic carbocycles. The second-order valence-corrected chi connectivity index (χ2v) is 6.17. The highest BCUT2D eigenvalue weighted by Gasteiger charge is 2.30. The minimum absolute atomic E-state index is 0.0886. The average molecular weight is 330 g/mol. The third-order valence-corrected chi connectivity index (χ3v) is 4.67. The second kappa shape index (κ2) is 6.32. The fourth-order valence-electron chi connectivity index (χ4n) is 3.38. The summed E-state index contributed by atoms with van der Waals surface area (Å²) in [6.07, 6.45) is 2.99. The monoisotopic (exact) mass is 330 g/mol. The summed E-state index contributed by atoms with van der Waals surface area (Å²) in [6.45, 7) is 3.26. The summed E-state index contributed by atoms with van der Waals surface area (Å²) >= 11 is 0. The summed E-state index contributed by atoms with van der Waals surface area (Å²) in [5.41, 5.74) is 0.722. The van der Waals surface area contributed by atoms with Crippen molar-refractivity contribution in [3.8, 4) is 0 Å². The molecule has 1 unspecified atom stereocenters. The molecular weight excluding hydrogens is 311 g/mol. The number of nitrogens with zero attached hydrogens (tertiary/aromatic N) is 4. The van der Waals surface area contributed by atoms with Crippen LogP contribution in [-0.2, 0) is 9.53 Å². The van der Waals surface area contributed by atoms with Crippen LogP contribution in [0.5, 0.6) is 0 Å². The Morgan fingerprint density at radius 1 is 1.21 bits per heavy atom. The van der Waals surface area contributed by atoms with Gasteiger partial charge in [-0.1, -0.05) is 0 Å². The van der Waals surface area contributed by atoms with Crippen LogP contribution in [0.1, 0.15) is 12.8 Å². The summed E-state index contributed by atoms with van der Waals surface area (Å²) in [4.78, 5) is 24.9. The van der Waals surface area contributed by atoms with Gasteiger partial charge in [0.2, 0.25) is 0 Å². The van der Waals surface area contributed by atoms with Crippen LogP contribution in [0.15, 0.2) is 24.5 Å². The molecule has 0 spiro atoms. The van der Waals surface area contributed by atoms with Gasteiger partial charge in [0, 0.05) is 38.2 Å². The first-order chi connectivity index (χ1) is 11.7. The Hall–Kier alpha value is -2.28. The van der Waals surface area contributed by atoms with Crippen molar-refractivity contribution in [2.75, 3.05) is 37.7 Å². The minimum atomic E-state index is -0.300. The molecule has 1 amide bonds. The van der Waals surface area contributed by atoms with Gasteiger partial charge in [-0.25, -0.2) is 14.4 Å². The third kappa shape index (κ3) is 2.80. The van der Waals surface area contributed by atoms with E-state index in [9.17, 15) is 9.18 Å². The van der Waals surface area contributed by atoms with Crippen LogP contribution < -0.4 is 4.90 Å². The molecule has 3 heterocycles. The van der Waals surface area contributed by atoms with Crippen LogP contribution in [0.2, 0.25) is 0 Å². The fourth-order valence-corrected chi connectivity index (χ4v) is 3.38. The Kier molecular flexibility index (Phi) is 4.02. The van der Waals surface area contributed by atoms with Gasteiger partial charge in [0.15, 0.2) is 0 Å². The molecule has 2 saturated heterocycles. The molecule has 1 aromatic carbocycles. The van der Waals surface area contributed by atoms with Gasteiger partial charge in [-0.15, -0.1) is 0 Å². The minimum Gasteiger partial charge on any atom is -0.368 e. The van der Waals surface area contributed by atoms with Crippen LogP contribution in [0.4, 0.5) is 10.2 Å². The van der Waals surface area contributed by atoms with Crippen LogP contribution in [0.3, 0.4) is 0 Å². The number of piperazine rings is 1. The predicted molar refractivity (Wildman–Crippen MR) is 87.3 cm³/mol. The zero-order valence-electron chi connectivity index (χ0n) is 13.3. The zero-order chi connectivity index (χ0) is 16.5. The highest BCUT2D eigenvalue weighted by atomic mass is 19.1. The number of aromatic nitrogens is 2. The topological polar surface area (TPSA) is 58.6 Å². The van der Waals surface area contributed by atoms with Gasteiger partial charge >= 0.3 is 0 Å². The molecule has 6 nitrogen and oxygen atoms in total. The van der Waals surface area contributed by atoms with Gasteiger partial charge in [0.25, 0.3) is 5.91 Å². The molecule has 7 heteroatoms. The molecule has 2 aromatic rings. The number of hydrogen-bond donors (Lipinski definition) is 0. The molecule has 0 saturated carbocycles. The molecule has 2 aliphatic rings. The normalized spacial score (nSPS) is 21.5. The van der Waals surface area contributed by atoms with E-state index < -0.39 is 0 Å². The lowest BCUT2D eigenvalue weighted by Crippen LogP contribution is -2.51. The lowest BCUT2D eigenvalue weighted by Gasteiger charge is -2.36. The zero-order valence-corrected chi connectivity index (χ0v) is 13.3. The number of rotatable bonds is 2. The Labute approximate surface area is 139 Å². The summed E-state index contributed by atoms with van der Waals surface area (Å²) in [7, 11) is 0. The Morgan fingerprint density at radius 2 is 2.04 bits per heavy atom. The van der Waals surface area contributed by atoms with E-state index in [1.807, 2.05) is 4.90 Å². The Morgan fingerprint density at radius 3 is 2.79 bits per heavy atom. The molecule has 2 fully saturated rings. The van der Waals surface area contributed by atoms with E-state index in [4.69, 9.17) is 4.74 Å². The number of fused-ring (bicyclic) bond motifs is 1. The first-order valence-electron chi connectivity index (χ1n) is 8.28. The molecule has 4 rings (SSSR count). The van der Waals surface area contributed by atoms with Gasteiger partial charge in [0.1, 0.15) is 24.1 Å². The van der Waals surface area contributed by atoms with Crippen molar-refractivity contribution in [2.45, 2.75) is 18.9 Å². The van der Waals surface area contributed by atoms with Crippen LogP contribution >= 0.6 is 0 Å². The smallest absolute Gasteiger partial charge is 0.251 e. The molecule has 0 radical (unpaired) electrons. The standard InChI is InChI=1S/C17H19FN4O2/c18-12-3-4-14-13(10-12)16(20-11-19-14)21-5-7-22(8-6-21)17(23)15-2-1-9-24-15/h3-4,10-11,15H,1-2,5-9H2. The highest BCUT2D eigenvalue weighted by molar-refractivity contribution is 5.89. The van der Waals surface area contributed by atoms with Crippen molar-refractivity contribution >= 4 is 22.6 Å². The van der Waals surface area contributed by atoms with Crippen molar-refractivity contribution in [1.82, 2.24) is 14.9 Å². The number of carbonyl (C=O) groups is 1. The molecular formula is C17H19FN4O2. The average Bonchev–Trinajstić information content (AvgIpc) is 3.15. The summed E-state index contributed by atoms with van der Waals surface area (Å²) in [5.74, 6) is 0.514. The van der Waals surface area contributed by atoms with Crippen LogP contribution in [0.25, 0.3) is 10.9 Å². The molecule has 1 aromatic heterocycles. The number of carbonyl (C=O) groups excluding carboxylic acids is 1. The Balaban J connectivity index is 1.50. The van der Waals surface area contributed by atoms with E-state index >= 15 is 0 Å². The molecule has 126 valence electrons. The maximum Gasteiger partial charge on any atom is 0.251 e. The van der Waals surface area contributed by atoms with Crippen molar-refractivity contribution in [1.29, 1.82) is 0 Å². The SMILES string of the molecule is O=C(C1CCCO1)N1CCN(c2ncnc3ccc(F)cc23)CC1. The molecule has 24 heavy (non-hydrogen) atoms. The summed E-state index contributed by atoms with van der Waals surface area (Å²) in [5, 5.41) is 0.705. The van der Waals surface area contributed by atoms with Gasteiger partial charge in [0.05, 0.1) is 5.52 Å².